The molecule has 0 aromatic heterocycles. The van der Waals surface area contributed by atoms with Crippen LogP contribution in [0.4, 0.5) is 0 Å². The average molecular weight is 934 g/mol. The Balaban J connectivity index is 4.11. The molecule has 0 rings (SSSR count). The summed E-state index contributed by atoms with van der Waals surface area (Å²) in [5, 5.41) is 0. The highest BCUT2D eigenvalue weighted by atomic mass is 16.6. The van der Waals surface area contributed by atoms with Crippen LogP contribution in [0.2, 0.25) is 0 Å². The Labute approximate surface area is 412 Å². The van der Waals surface area contributed by atoms with Gasteiger partial charge in [0, 0.05) is 19.3 Å². The summed E-state index contributed by atoms with van der Waals surface area (Å²) in [6.45, 7) is 11.4. The predicted octanol–water partition coefficient (Wildman–Crippen LogP) is 19.7. The topological polar surface area (TPSA) is 78.9 Å². The van der Waals surface area contributed by atoms with Crippen molar-refractivity contribution in [2.45, 2.75) is 343 Å². The van der Waals surface area contributed by atoms with Crippen LogP contribution in [-0.4, -0.2) is 37.2 Å². The summed E-state index contributed by atoms with van der Waals surface area (Å²) in [4.78, 5) is 38.0. The predicted molar refractivity (Wildman–Crippen MR) is 284 cm³/mol. The molecule has 66 heavy (non-hydrogen) atoms. The van der Waals surface area contributed by atoms with E-state index < -0.39 is 6.10 Å². The number of hydrogen-bond donors (Lipinski definition) is 0. The first-order chi connectivity index (χ1) is 32.3. The van der Waals surface area contributed by atoms with E-state index in [-0.39, 0.29) is 31.1 Å². The first kappa shape index (κ1) is 64.4. The first-order valence-corrected chi connectivity index (χ1v) is 29.8. The van der Waals surface area contributed by atoms with Crippen LogP contribution in [0.15, 0.2) is 0 Å². The third-order valence-electron chi connectivity index (χ3n) is 14.1. The number of unbranched alkanes of at least 4 members (excludes halogenated alkanes) is 38. The van der Waals surface area contributed by atoms with Gasteiger partial charge in [-0.2, -0.15) is 0 Å². The summed E-state index contributed by atoms with van der Waals surface area (Å²) in [5.74, 6) is 0.917. The Morgan fingerprint density at radius 1 is 0.318 bits per heavy atom. The Bertz CT molecular complexity index is 1010. The molecule has 0 aromatic rings. The van der Waals surface area contributed by atoms with Crippen LogP contribution in [0.3, 0.4) is 0 Å². The summed E-state index contributed by atoms with van der Waals surface area (Å²) < 4.78 is 16.8. The van der Waals surface area contributed by atoms with Crippen molar-refractivity contribution < 1.29 is 28.6 Å². The third-order valence-corrected chi connectivity index (χ3v) is 14.1. The van der Waals surface area contributed by atoms with Crippen molar-refractivity contribution in [1.29, 1.82) is 0 Å². The maximum atomic E-state index is 12.8. The molecule has 0 saturated heterocycles. The zero-order chi connectivity index (χ0) is 48.2. The zero-order valence-electron chi connectivity index (χ0n) is 45.3. The van der Waals surface area contributed by atoms with Crippen molar-refractivity contribution in [3.05, 3.63) is 0 Å². The lowest BCUT2D eigenvalue weighted by Crippen LogP contribution is -2.30. The van der Waals surface area contributed by atoms with Gasteiger partial charge in [-0.05, 0) is 31.1 Å². The lowest BCUT2D eigenvalue weighted by atomic mass is 9.99. The number of ether oxygens (including phenoxy) is 3. The Hall–Kier alpha value is -1.59. The van der Waals surface area contributed by atoms with E-state index in [2.05, 4.69) is 34.6 Å². The van der Waals surface area contributed by atoms with Crippen molar-refractivity contribution in [2.75, 3.05) is 13.2 Å². The lowest BCUT2D eigenvalue weighted by molar-refractivity contribution is -0.167. The van der Waals surface area contributed by atoms with E-state index in [9.17, 15) is 14.4 Å². The molecule has 0 spiro atoms. The van der Waals surface area contributed by atoms with Crippen molar-refractivity contribution in [1.82, 2.24) is 0 Å². The molecule has 0 heterocycles. The summed E-state index contributed by atoms with van der Waals surface area (Å²) in [5.41, 5.74) is 0. The number of rotatable bonds is 54. The molecule has 392 valence electrons. The van der Waals surface area contributed by atoms with E-state index in [1.165, 1.54) is 225 Å². The number of hydrogen-bond acceptors (Lipinski definition) is 6. The van der Waals surface area contributed by atoms with Crippen LogP contribution in [0.1, 0.15) is 336 Å². The van der Waals surface area contributed by atoms with E-state index in [0.717, 1.165) is 69.6 Å². The van der Waals surface area contributed by atoms with E-state index in [4.69, 9.17) is 14.2 Å². The molecule has 0 aliphatic rings. The molecule has 0 aliphatic carbocycles. The number of carbonyl (C=O) groups is 3. The molecular formula is C60H116O6. The maximum absolute atomic E-state index is 12.8. The molecule has 0 bridgehead atoms. The van der Waals surface area contributed by atoms with Crippen molar-refractivity contribution in [2.24, 2.45) is 11.8 Å². The summed E-state index contributed by atoms with van der Waals surface area (Å²) in [6.07, 6.45) is 56.9. The largest absolute Gasteiger partial charge is 0.462 e. The van der Waals surface area contributed by atoms with Gasteiger partial charge in [0.1, 0.15) is 13.2 Å². The molecule has 6 nitrogen and oxygen atoms in total. The summed E-state index contributed by atoms with van der Waals surface area (Å²) in [7, 11) is 0. The minimum atomic E-state index is -0.761. The van der Waals surface area contributed by atoms with Gasteiger partial charge in [-0.25, -0.2) is 0 Å². The fourth-order valence-electron chi connectivity index (χ4n) is 9.20. The van der Waals surface area contributed by atoms with Crippen LogP contribution in [-0.2, 0) is 28.6 Å². The third kappa shape index (κ3) is 51.8. The second kappa shape index (κ2) is 52.8. The first-order valence-electron chi connectivity index (χ1n) is 29.8. The second-order valence-electron chi connectivity index (χ2n) is 21.4. The monoisotopic (exact) mass is 933 g/mol. The quantitative estimate of drug-likeness (QED) is 0.0343. The van der Waals surface area contributed by atoms with Gasteiger partial charge in [0.25, 0.3) is 0 Å². The zero-order valence-corrected chi connectivity index (χ0v) is 45.3. The molecule has 0 fully saturated rings. The van der Waals surface area contributed by atoms with Gasteiger partial charge in [0.2, 0.25) is 0 Å². The molecule has 6 heteroatoms. The van der Waals surface area contributed by atoms with Gasteiger partial charge in [-0.1, -0.05) is 298 Å². The van der Waals surface area contributed by atoms with Crippen molar-refractivity contribution in [3.8, 4) is 0 Å². The standard InChI is InChI=1S/C60H116O6/c1-6-8-9-10-33-40-45-50-58(61)64-53-57(66-60(63)52-47-42-37-32-28-24-20-16-15-17-21-25-29-34-38-43-48-55(3)4)54-65-59(62)51-46-41-36-31-27-23-19-14-12-11-13-18-22-26-30-35-39-44-49-56(5)7-2/h55-57H,6-54H2,1-5H3/t56?,57-/m0/s1. The van der Waals surface area contributed by atoms with Crippen LogP contribution in [0.25, 0.3) is 0 Å². The van der Waals surface area contributed by atoms with Crippen LogP contribution >= 0.6 is 0 Å². The molecule has 1 unspecified atom stereocenters. The fraction of sp³-hybridized carbons (Fsp3) is 0.950. The highest BCUT2D eigenvalue weighted by Crippen LogP contribution is 2.19. The van der Waals surface area contributed by atoms with Gasteiger partial charge in [-0.3, -0.25) is 14.4 Å². The smallest absolute Gasteiger partial charge is 0.306 e. The van der Waals surface area contributed by atoms with E-state index in [1.807, 2.05) is 0 Å². The van der Waals surface area contributed by atoms with Gasteiger partial charge < -0.3 is 14.2 Å². The molecule has 0 aromatic carbocycles. The van der Waals surface area contributed by atoms with E-state index in [1.54, 1.807) is 0 Å². The van der Waals surface area contributed by atoms with E-state index in [0.29, 0.717) is 19.3 Å². The summed E-state index contributed by atoms with van der Waals surface area (Å²) in [6, 6.07) is 0. The molecular weight excluding hydrogens is 817 g/mol. The average Bonchev–Trinajstić information content (AvgIpc) is 3.30. The highest BCUT2D eigenvalue weighted by Gasteiger charge is 2.19. The molecule has 2 atom stereocenters. The van der Waals surface area contributed by atoms with Gasteiger partial charge in [0.15, 0.2) is 6.10 Å². The Kier molecular flexibility index (Phi) is 51.5. The van der Waals surface area contributed by atoms with Crippen molar-refractivity contribution in [3.63, 3.8) is 0 Å². The molecule has 0 saturated carbocycles. The van der Waals surface area contributed by atoms with Gasteiger partial charge >= 0.3 is 17.9 Å². The lowest BCUT2D eigenvalue weighted by Gasteiger charge is -2.18. The summed E-state index contributed by atoms with van der Waals surface area (Å²) >= 11 is 0. The SMILES string of the molecule is CCCCCCCCCC(=O)OC[C@@H](COC(=O)CCCCCCCCCCCCCCCCCCCCC(C)CC)OC(=O)CCCCCCCCCCCCCCCCCCC(C)C. The fourth-order valence-corrected chi connectivity index (χ4v) is 9.20. The number of carbonyl (C=O) groups excluding carboxylic acids is 3. The Morgan fingerprint density at radius 3 is 0.864 bits per heavy atom. The maximum Gasteiger partial charge on any atom is 0.306 e. The molecule has 0 aliphatic heterocycles. The highest BCUT2D eigenvalue weighted by molar-refractivity contribution is 5.71. The normalized spacial score (nSPS) is 12.5. The van der Waals surface area contributed by atoms with Gasteiger partial charge in [-0.15, -0.1) is 0 Å². The van der Waals surface area contributed by atoms with Crippen LogP contribution < -0.4 is 0 Å². The van der Waals surface area contributed by atoms with Crippen molar-refractivity contribution >= 4 is 17.9 Å². The van der Waals surface area contributed by atoms with E-state index >= 15 is 0 Å². The minimum Gasteiger partial charge on any atom is -0.462 e. The molecule has 0 amide bonds. The number of esters is 3. The van der Waals surface area contributed by atoms with Crippen LogP contribution in [0.5, 0.6) is 0 Å². The molecule has 0 N–H and O–H groups in total. The minimum absolute atomic E-state index is 0.0629. The van der Waals surface area contributed by atoms with Crippen LogP contribution in [0, 0.1) is 11.8 Å². The second-order valence-corrected chi connectivity index (χ2v) is 21.4. The Morgan fingerprint density at radius 2 is 0.576 bits per heavy atom. The molecule has 0 radical (unpaired) electrons. The van der Waals surface area contributed by atoms with Gasteiger partial charge in [0.05, 0.1) is 0 Å².